The van der Waals surface area contributed by atoms with Gasteiger partial charge in [0.25, 0.3) is 11.8 Å². The molecule has 1 heterocycles. The maximum atomic E-state index is 13.6. The largest absolute Gasteiger partial charge is 0.497 e. The van der Waals surface area contributed by atoms with Gasteiger partial charge in [0.2, 0.25) is 0 Å². The van der Waals surface area contributed by atoms with Crippen molar-refractivity contribution < 1.29 is 19.1 Å². The quantitative estimate of drug-likeness (QED) is 0.372. The number of nitrogens with one attached hydrogen (secondary N) is 1. The average Bonchev–Trinajstić information content (AvgIpc) is 3.06. The molecule has 9 heteroatoms. The minimum atomic E-state index is -0.554. The first-order valence-corrected chi connectivity index (χ1v) is 11.7. The number of thioether (sulfide) groups is 1. The molecule has 0 atom stereocenters. The molecule has 1 N–H and O–H groups in total. The summed E-state index contributed by atoms with van der Waals surface area (Å²) in [4.78, 5) is 29.2. The Labute approximate surface area is 211 Å². The number of hydrogen-bond acceptors (Lipinski definition) is 6. The molecule has 0 saturated heterocycles. The molecule has 0 saturated carbocycles. The van der Waals surface area contributed by atoms with Gasteiger partial charge >= 0.3 is 0 Å². The lowest BCUT2D eigenvalue weighted by molar-refractivity contribution is -0.120. The summed E-state index contributed by atoms with van der Waals surface area (Å²) in [5.74, 6) is -0.0193. The first-order valence-electron chi connectivity index (χ1n) is 10.1. The predicted molar refractivity (Wildman–Crippen MR) is 136 cm³/mol. The average molecular weight is 515 g/mol. The summed E-state index contributed by atoms with van der Waals surface area (Å²) in [5, 5.41) is 3.68. The molecule has 0 spiro atoms. The Morgan fingerprint density at radius 2 is 1.62 bits per heavy atom. The molecule has 0 aromatic heterocycles. The highest BCUT2D eigenvalue weighted by Crippen LogP contribution is 2.41. The third kappa shape index (κ3) is 4.73. The first kappa shape index (κ1) is 24.0. The van der Waals surface area contributed by atoms with Gasteiger partial charge in [-0.15, -0.1) is 0 Å². The number of methoxy groups -OCH3 is 2. The third-order valence-electron chi connectivity index (χ3n) is 5.10. The Morgan fingerprint density at radius 3 is 2.29 bits per heavy atom. The summed E-state index contributed by atoms with van der Waals surface area (Å²) in [6.07, 6.45) is 0. The molecule has 1 aliphatic rings. The van der Waals surface area contributed by atoms with E-state index < -0.39 is 11.8 Å². The lowest BCUT2D eigenvalue weighted by Gasteiger charge is -2.17. The molecule has 0 aliphatic carbocycles. The fourth-order valence-corrected chi connectivity index (χ4v) is 4.65. The SMILES string of the molecule is COc1ccc(NC2=C(Sc3ccc(C)cc3)C(=O)N(c3cc(Cl)ccc3Cl)C2=O)c(OC)c1. The fraction of sp³-hybridized carbons (Fsp3) is 0.120. The minimum absolute atomic E-state index is 0.107. The summed E-state index contributed by atoms with van der Waals surface area (Å²) in [7, 11) is 3.06. The highest BCUT2D eigenvalue weighted by molar-refractivity contribution is 8.04. The molecule has 2 amide bonds. The van der Waals surface area contributed by atoms with E-state index in [0.29, 0.717) is 22.2 Å². The van der Waals surface area contributed by atoms with Crippen LogP contribution in [0.2, 0.25) is 10.0 Å². The zero-order valence-corrected chi connectivity index (χ0v) is 20.8. The number of rotatable bonds is 7. The van der Waals surface area contributed by atoms with E-state index in [4.69, 9.17) is 32.7 Å². The van der Waals surface area contributed by atoms with Crippen LogP contribution in [0.5, 0.6) is 11.5 Å². The van der Waals surface area contributed by atoms with E-state index in [9.17, 15) is 9.59 Å². The van der Waals surface area contributed by atoms with Crippen LogP contribution >= 0.6 is 35.0 Å². The van der Waals surface area contributed by atoms with Crippen molar-refractivity contribution in [2.24, 2.45) is 0 Å². The highest BCUT2D eigenvalue weighted by atomic mass is 35.5. The van der Waals surface area contributed by atoms with E-state index in [1.807, 2.05) is 31.2 Å². The summed E-state index contributed by atoms with van der Waals surface area (Å²) >= 11 is 13.7. The first-order chi connectivity index (χ1) is 16.3. The molecule has 0 radical (unpaired) electrons. The fourth-order valence-electron chi connectivity index (χ4n) is 3.35. The third-order valence-corrected chi connectivity index (χ3v) is 6.75. The number of aryl methyl sites for hydroxylation is 1. The van der Waals surface area contributed by atoms with Gasteiger partial charge in [0.05, 0.1) is 30.6 Å². The smallest absolute Gasteiger partial charge is 0.283 e. The van der Waals surface area contributed by atoms with Gasteiger partial charge in [-0.2, -0.15) is 0 Å². The minimum Gasteiger partial charge on any atom is -0.497 e. The lowest BCUT2D eigenvalue weighted by Crippen LogP contribution is -2.32. The van der Waals surface area contributed by atoms with Crippen LogP contribution in [0.15, 0.2) is 76.2 Å². The molecule has 0 fully saturated rings. The number of amides is 2. The van der Waals surface area contributed by atoms with Gasteiger partial charge in [-0.25, -0.2) is 4.90 Å². The van der Waals surface area contributed by atoms with Gasteiger partial charge in [0, 0.05) is 16.0 Å². The summed E-state index contributed by atoms with van der Waals surface area (Å²) in [6.45, 7) is 1.98. The van der Waals surface area contributed by atoms with Crippen LogP contribution in [0.3, 0.4) is 0 Å². The van der Waals surface area contributed by atoms with Crippen LogP contribution in [-0.4, -0.2) is 26.0 Å². The van der Waals surface area contributed by atoms with Gasteiger partial charge in [-0.05, 0) is 49.4 Å². The number of carbonyl (C=O) groups is 2. The second-order valence-electron chi connectivity index (χ2n) is 7.35. The van der Waals surface area contributed by atoms with E-state index in [1.54, 1.807) is 37.4 Å². The molecule has 3 aromatic rings. The van der Waals surface area contributed by atoms with E-state index >= 15 is 0 Å². The second-order valence-corrected chi connectivity index (χ2v) is 9.28. The molecular weight excluding hydrogens is 495 g/mol. The van der Waals surface area contributed by atoms with Crippen molar-refractivity contribution in [1.82, 2.24) is 0 Å². The maximum absolute atomic E-state index is 13.6. The molecule has 6 nitrogen and oxygen atoms in total. The van der Waals surface area contributed by atoms with Gasteiger partial charge in [-0.1, -0.05) is 52.7 Å². The van der Waals surface area contributed by atoms with Crippen molar-refractivity contribution in [3.8, 4) is 11.5 Å². The van der Waals surface area contributed by atoms with E-state index in [-0.39, 0.29) is 21.3 Å². The molecular formula is C25H20Cl2N2O4S. The number of anilines is 2. The van der Waals surface area contributed by atoms with Crippen LogP contribution in [0, 0.1) is 6.92 Å². The Balaban J connectivity index is 1.79. The standard InChI is InChI=1S/C25H20Cl2N2O4S/c1-14-4-8-17(9-5-14)34-23-22(28-19-11-7-16(32-2)13-21(19)33-3)24(30)29(25(23)31)20-12-15(26)6-10-18(20)27/h4-13,28H,1-3H3. The van der Waals surface area contributed by atoms with Crippen molar-refractivity contribution in [1.29, 1.82) is 0 Å². The number of benzene rings is 3. The van der Waals surface area contributed by atoms with Gasteiger partial charge in [0.1, 0.15) is 22.1 Å². The van der Waals surface area contributed by atoms with Gasteiger partial charge < -0.3 is 14.8 Å². The Kier molecular flexibility index (Phi) is 7.07. The number of nitrogens with zero attached hydrogens (tertiary/aromatic N) is 1. The molecule has 0 unspecified atom stereocenters. The summed E-state index contributed by atoms with van der Waals surface area (Å²) < 4.78 is 10.7. The molecule has 174 valence electrons. The number of hydrogen-bond donors (Lipinski definition) is 1. The summed E-state index contributed by atoms with van der Waals surface area (Å²) in [6, 6.07) is 17.4. The Morgan fingerprint density at radius 1 is 0.882 bits per heavy atom. The van der Waals surface area contributed by atoms with Crippen LogP contribution in [0.4, 0.5) is 11.4 Å². The Hall–Kier alpha value is -3.13. The number of ether oxygens (including phenoxy) is 2. The van der Waals surface area contributed by atoms with Crippen LogP contribution in [-0.2, 0) is 9.59 Å². The zero-order valence-electron chi connectivity index (χ0n) is 18.5. The highest BCUT2D eigenvalue weighted by Gasteiger charge is 2.41. The number of halogens is 2. The molecule has 4 rings (SSSR count). The normalized spacial score (nSPS) is 13.5. The summed E-state index contributed by atoms with van der Waals surface area (Å²) in [5.41, 5.74) is 1.90. The van der Waals surface area contributed by atoms with Crippen LogP contribution in [0.1, 0.15) is 5.56 Å². The monoisotopic (exact) mass is 514 g/mol. The van der Waals surface area contributed by atoms with Crippen molar-refractivity contribution in [2.75, 3.05) is 24.4 Å². The van der Waals surface area contributed by atoms with Crippen molar-refractivity contribution >= 4 is 58.2 Å². The van der Waals surface area contributed by atoms with Gasteiger partial charge in [-0.3, -0.25) is 9.59 Å². The van der Waals surface area contributed by atoms with E-state index in [1.165, 1.54) is 24.9 Å². The zero-order chi connectivity index (χ0) is 24.4. The predicted octanol–water partition coefficient (Wildman–Crippen LogP) is 6.31. The molecule has 0 bridgehead atoms. The van der Waals surface area contributed by atoms with Crippen LogP contribution in [0.25, 0.3) is 0 Å². The molecule has 1 aliphatic heterocycles. The topological polar surface area (TPSA) is 67.9 Å². The van der Waals surface area contributed by atoms with E-state index in [0.717, 1.165) is 15.4 Å². The van der Waals surface area contributed by atoms with Gasteiger partial charge in [0.15, 0.2) is 0 Å². The second kappa shape index (κ2) is 10.0. The lowest BCUT2D eigenvalue weighted by atomic mass is 10.2. The number of carbonyl (C=O) groups excluding carboxylic acids is 2. The van der Waals surface area contributed by atoms with Crippen molar-refractivity contribution in [3.63, 3.8) is 0 Å². The molecule has 34 heavy (non-hydrogen) atoms. The Bertz CT molecular complexity index is 1310. The molecule has 3 aromatic carbocycles. The van der Waals surface area contributed by atoms with Crippen molar-refractivity contribution in [3.05, 3.63) is 86.9 Å². The number of imide groups is 1. The maximum Gasteiger partial charge on any atom is 0.283 e. The van der Waals surface area contributed by atoms with Crippen molar-refractivity contribution in [2.45, 2.75) is 11.8 Å². The van der Waals surface area contributed by atoms with E-state index in [2.05, 4.69) is 5.32 Å². The van der Waals surface area contributed by atoms with Crippen LogP contribution < -0.4 is 19.7 Å².